The highest BCUT2D eigenvalue weighted by molar-refractivity contribution is 5.71. The van der Waals surface area contributed by atoms with Gasteiger partial charge in [-0.05, 0) is 116 Å². The van der Waals surface area contributed by atoms with Crippen molar-refractivity contribution < 1.29 is 28.6 Å². The van der Waals surface area contributed by atoms with E-state index in [2.05, 4.69) is 142 Å². The SMILES string of the molecule is CC/C=C\C/C=C\C/C=C\C/C=C\C/C=C\C/C=C\C/C=C\C/C=C\CCCCCCCCCCC(=O)OCC(COC(=O)CCCCCCCCC)OC(=O)CCCCCCCCC/C=C\C/C=C\CCCCCC. The lowest BCUT2D eigenvalue weighted by atomic mass is 10.1. The topological polar surface area (TPSA) is 78.9 Å². The fourth-order valence-electron chi connectivity index (χ4n) is 8.49. The summed E-state index contributed by atoms with van der Waals surface area (Å²) >= 11 is 0. The molecule has 1 unspecified atom stereocenters. The lowest BCUT2D eigenvalue weighted by Gasteiger charge is -2.18. The first kappa shape index (κ1) is 71.8. The number of hydrogen-bond donors (Lipinski definition) is 0. The van der Waals surface area contributed by atoms with Gasteiger partial charge in [-0.1, -0.05) is 271 Å². The summed E-state index contributed by atoms with van der Waals surface area (Å²) in [6.45, 7) is 6.46. The minimum absolute atomic E-state index is 0.0840. The molecule has 0 spiro atoms. The molecule has 1 atom stereocenters. The van der Waals surface area contributed by atoms with Crippen molar-refractivity contribution in [1.29, 1.82) is 0 Å². The summed E-state index contributed by atoms with van der Waals surface area (Å²) < 4.78 is 16.8. The van der Waals surface area contributed by atoms with E-state index in [0.29, 0.717) is 19.3 Å². The highest BCUT2D eigenvalue weighted by Crippen LogP contribution is 2.15. The molecule has 0 aliphatic carbocycles. The first-order valence-corrected chi connectivity index (χ1v) is 31.5. The molecular formula is C70H116O6. The summed E-state index contributed by atoms with van der Waals surface area (Å²) in [6, 6.07) is 0. The van der Waals surface area contributed by atoms with Crippen LogP contribution in [-0.4, -0.2) is 37.2 Å². The van der Waals surface area contributed by atoms with Crippen molar-refractivity contribution in [2.45, 2.75) is 290 Å². The van der Waals surface area contributed by atoms with Crippen LogP contribution in [0.4, 0.5) is 0 Å². The van der Waals surface area contributed by atoms with Gasteiger partial charge < -0.3 is 14.2 Å². The Kier molecular flexibility index (Phi) is 59.9. The Hall–Kier alpha value is -4.19. The van der Waals surface area contributed by atoms with Crippen molar-refractivity contribution in [3.8, 4) is 0 Å². The molecule has 0 saturated heterocycles. The molecule has 0 aliphatic heterocycles. The van der Waals surface area contributed by atoms with Gasteiger partial charge in [-0.25, -0.2) is 0 Å². The standard InChI is InChI=1S/C70H116O6/c1-4-7-10-13-16-18-20-22-24-26-28-29-30-31-32-33-34-35-36-37-38-39-40-41-42-44-45-47-49-51-54-57-60-63-69(72)75-66-67(65-74-68(71)62-59-56-53-15-12-9-6-3)76-70(73)64-61-58-55-52-50-48-46-43-27-25-23-21-19-17-14-11-8-5-2/h7,10,16,18-19,21-22,24-25,27-29,31-32,34-35,37-38,40-41,67H,4-6,8-9,11-15,17,20,23,26,30,33,36,39,42-66H2,1-3H3/b10-7-,18-16-,21-19-,24-22-,27-25-,29-28-,32-31-,35-34-,38-37-,41-40-. The number of hydrogen-bond acceptors (Lipinski definition) is 6. The van der Waals surface area contributed by atoms with E-state index in [0.717, 1.165) is 128 Å². The van der Waals surface area contributed by atoms with Gasteiger partial charge in [0.15, 0.2) is 6.10 Å². The molecule has 0 aromatic rings. The predicted octanol–water partition coefficient (Wildman–Crippen LogP) is 21.6. The van der Waals surface area contributed by atoms with Gasteiger partial charge in [0.2, 0.25) is 0 Å². The molecule has 0 fully saturated rings. The van der Waals surface area contributed by atoms with Crippen molar-refractivity contribution >= 4 is 17.9 Å². The summed E-state index contributed by atoms with van der Waals surface area (Å²) in [6.07, 6.45) is 87.9. The number of ether oxygens (including phenoxy) is 3. The van der Waals surface area contributed by atoms with E-state index in [4.69, 9.17) is 14.2 Å². The molecule has 6 heteroatoms. The van der Waals surface area contributed by atoms with Crippen LogP contribution in [0.5, 0.6) is 0 Å². The number of allylic oxidation sites excluding steroid dienone is 20. The summed E-state index contributed by atoms with van der Waals surface area (Å²) in [4.78, 5) is 38.0. The van der Waals surface area contributed by atoms with Gasteiger partial charge in [0.05, 0.1) is 0 Å². The smallest absolute Gasteiger partial charge is 0.306 e. The van der Waals surface area contributed by atoms with Crippen LogP contribution in [0.3, 0.4) is 0 Å². The molecule has 0 amide bonds. The summed E-state index contributed by atoms with van der Waals surface area (Å²) in [5.74, 6) is -0.905. The molecule has 0 radical (unpaired) electrons. The number of carbonyl (C=O) groups is 3. The average molecular weight is 1050 g/mol. The van der Waals surface area contributed by atoms with Crippen molar-refractivity contribution in [3.63, 3.8) is 0 Å². The number of unbranched alkanes of at least 4 members (excludes halogenated alkanes) is 25. The second kappa shape index (κ2) is 63.3. The van der Waals surface area contributed by atoms with Crippen LogP contribution >= 0.6 is 0 Å². The molecule has 0 heterocycles. The average Bonchev–Trinajstić information content (AvgIpc) is 3.42. The third kappa shape index (κ3) is 60.7. The Morgan fingerprint density at radius 1 is 0.276 bits per heavy atom. The second-order valence-corrected chi connectivity index (χ2v) is 20.6. The van der Waals surface area contributed by atoms with E-state index in [1.807, 2.05) is 0 Å². The molecule has 6 nitrogen and oxygen atoms in total. The summed E-state index contributed by atoms with van der Waals surface area (Å²) in [5, 5.41) is 0. The zero-order chi connectivity index (χ0) is 55.0. The Morgan fingerprint density at radius 2 is 0.513 bits per heavy atom. The number of rotatable bonds is 56. The zero-order valence-corrected chi connectivity index (χ0v) is 49.5. The Labute approximate surface area is 469 Å². The van der Waals surface area contributed by atoms with Crippen molar-refractivity contribution in [2.24, 2.45) is 0 Å². The maximum absolute atomic E-state index is 12.8. The van der Waals surface area contributed by atoms with Crippen molar-refractivity contribution in [1.82, 2.24) is 0 Å². The molecule has 432 valence electrons. The molecule has 0 aliphatic rings. The van der Waals surface area contributed by atoms with Gasteiger partial charge in [0.1, 0.15) is 13.2 Å². The largest absolute Gasteiger partial charge is 0.462 e. The molecule has 0 aromatic carbocycles. The van der Waals surface area contributed by atoms with Crippen molar-refractivity contribution in [2.75, 3.05) is 13.2 Å². The summed E-state index contributed by atoms with van der Waals surface area (Å²) in [7, 11) is 0. The summed E-state index contributed by atoms with van der Waals surface area (Å²) in [5.41, 5.74) is 0. The normalized spacial score (nSPS) is 12.9. The van der Waals surface area contributed by atoms with E-state index < -0.39 is 6.10 Å². The zero-order valence-electron chi connectivity index (χ0n) is 49.5. The van der Waals surface area contributed by atoms with Gasteiger partial charge in [-0.3, -0.25) is 14.4 Å². The van der Waals surface area contributed by atoms with E-state index in [-0.39, 0.29) is 31.1 Å². The molecule has 0 aromatic heterocycles. The van der Waals surface area contributed by atoms with Gasteiger partial charge in [0.25, 0.3) is 0 Å². The number of carbonyl (C=O) groups excluding carboxylic acids is 3. The highest BCUT2D eigenvalue weighted by atomic mass is 16.6. The van der Waals surface area contributed by atoms with E-state index in [9.17, 15) is 14.4 Å². The predicted molar refractivity (Wildman–Crippen MR) is 330 cm³/mol. The van der Waals surface area contributed by atoms with Gasteiger partial charge in [-0.15, -0.1) is 0 Å². The van der Waals surface area contributed by atoms with Crippen LogP contribution in [0.1, 0.15) is 284 Å². The first-order chi connectivity index (χ1) is 37.5. The van der Waals surface area contributed by atoms with Crippen LogP contribution < -0.4 is 0 Å². The Morgan fingerprint density at radius 3 is 0.816 bits per heavy atom. The first-order valence-electron chi connectivity index (χ1n) is 31.5. The van der Waals surface area contributed by atoms with E-state index in [1.54, 1.807) is 0 Å². The fraction of sp³-hybridized carbons (Fsp3) is 0.671. The molecule has 0 saturated carbocycles. The minimum Gasteiger partial charge on any atom is -0.462 e. The Bertz CT molecular complexity index is 1590. The Balaban J connectivity index is 4.16. The number of esters is 3. The molecule has 0 rings (SSSR count). The van der Waals surface area contributed by atoms with E-state index in [1.165, 1.54) is 116 Å². The van der Waals surface area contributed by atoms with Gasteiger partial charge >= 0.3 is 17.9 Å². The second-order valence-electron chi connectivity index (χ2n) is 20.6. The van der Waals surface area contributed by atoms with Crippen LogP contribution in [-0.2, 0) is 28.6 Å². The van der Waals surface area contributed by atoms with Crippen molar-refractivity contribution in [3.05, 3.63) is 122 Å². The van der Waals surface area contributed by atoms with Crippen LogP contribution in [0.25, 0.3) is 0 Å². The third-order valence-electron chi connectivity index (χ3n) is 13.2. The maximum atomic E-state index is 12.8. The third-order valence-corrected chi connectivity index (χ3v) is 13.2. The quantitative estimate of drug-likeness (QED) is 0.0261. The highest BCUT2D eigenvalue weighted by Gasteiger charge is 2.19. The molecule has 0 N–H and O–H groups in total. The molecule has 0 bridgehead atoms. The maximum Gasteiger partial charge on any atom is 0.306 e. The van der Waals surface area contributed by atoms with Crippen LogP contribution in [0.15, 0.2) is 122 Å². The fourth-order valence-corrected chi connectivity index (χ4v) is 8.49. The molecular weight excluding hydrogens is 937 g/mol. The van der Waals surface area contributed by atoms with Gasteiger partial charge in [-0.2, -0.15) is 0 Å². The lowest BCUT2D eigenvalue weighted by molar-refractivity contribution is -0.167. The van der Waals surface area contributed by atoms with Gasteiger partial charge in [0, 0.05) is 19.3 Å². The lowest BCUT2D eigenvalue weighted by Crippen LogP contribution is -2.30. The van der Waals surface area contributed by atoms with E-state index >= 15 is 0 Å². The van der Waals surface area contributed by atoms with Crippen LogP contribution in [0, 0.1) is 0 Å². The monoisotopic (exact) mass is 1050 g/mol. The van der Waals surface area contributed by atoms with Crippen LogP contribution in [0.2, 0.25) is 0 Å². The minimum atomic E-state index is -0.785. The molecule has 76 heavy (non-hydrogen) atoms.